The molecular formula is C17H22BrNS. The highest BCUT2D eigenvalue weighted by atomic mass is 79.9. The van der Waals surface area contributed by atoms with Crippen molar-refractivity contribution in [3.05, 3.63) is 56.2 Å². The Labute approximate surface area is 134 Å². The van der Waals surface area contributed by atoms with Crippen molar-refractivity contribution < 1.29 is 0 Å². The molecule has 0 bridgehead atoms. The normalized spacial score (nSPS) is 12.6. The topological polar surface area (TPSA) is 12.0 Å². The molecule has 2 rings (SSSR count). The maximum Gasteiger partial charge on any atom is 0.0456 e. The lowest BCUT2D eigenvalue weighted by molar-refractivity contribution is 0.536. The molecule has 1 nitrogen and oxygen atoms in total. The van der Waals surface area contributed by atoms with E-state index in [2.05, 4.69) is 71.5 Å². The van der Waals surface area contributed by atoms with E-state index >= 15 is 0 Å². The second-order valence-electron chi connectivity index (χ2n) is 4.96. The molecule has 1 heterocycles. The fourth-order valence-electron chi connectivity index (χ4n) is 2.25. The molecule has 0 fully saturated rings. The SMILES string of the molecule is CCCNC(Cc1ccccc1Br)c1ccc(CC)s1. The Hall–Kier alpha value is -0.640. The Morgan fingerprint density at radius 2 is 1.95 bits per heavy atom. The molecule has 0 spiro atoms. The average molecular weight is 352 g/mol. The molecule has 0 amide bonds. The van der Waals surface area contributed by atoms with E-state index in [1.807, 2.05) is 11.3 Å². The third-order valence-corrected chi connectivity index (χ3v) is 5.51. The van der Waals surface area contributed by atoms with Gasteiger partial charge >= 0.3 is 0 Å². The molecule has 0 radical (unpaired) electrons. The van der Waals surface area contributed by atoms with Crippen LogP contribution < -0.4 is 5.32 Å². The second-order valence-corrected chi connectivity index (χ2v) is 7.01. The summed E-state index contributed by atoms with van der Waals surface area (Å²) in [4.78, 5) is 2.92. The molecule has 0 aliphatic rings. The largest absolute Gasteiger partial charge is 0.309 e. The first-order chi connectivity index (χ1) is 9.74. The van der Waals surface area contributed by atoms with Crippen LogP contribution in [0.4, 0.5) is 0 Å². The smallest absolute Gasteiger partial charge is 0.0456 e. The zero-order valence-corrected chi connectivity index (χ0v) is 14.6. The van der Waals surface area contributed by atoms with Crippen molar-refractivity contribution in [2.24, 2.45) is 0 Å². The highest BCUT2D eigenvalue weighted by Gasteiger charge is 2.15. The third-order valence-electron chi connectivity index (χ3n) is 3.40. The van der Waals surface area contributed by atoms with Crippen molar-refractivity contribution in [1.82, 2.24) is 5.32 Å². The molecule has 108 valence electrons. The Morgan fingerprint density at radius 1 is 1.15 bits per heavy atom. The summed E-state index contributed by atoms with van der Waals surface area (Å²) < 4.78 is 1.20. The first-order valence-corrected chi connectivity index (χ1v) is 8.91. The molecule has 0 aliphatic heterocycles. The number of nitrogens with one attached hydrogen (secondary N) is 1. The van der Waals surface area contributed by atoms with E-state index in [1.54, 1.807) is 0 Å². The third kappa shape index (κ3) is 4.18. The molecular weight excluding hydrogens is 330 g/mol. The highest BCUT2D eigenvalue weighted by Crippen LogP contribution is 2.28. The van der Waals surface area contributed by atoms with Gasteiger partial charge in [-0.05, 0) is 49.6 Å². The first kappa shape index (κ1) is 15.7. The number of benzene rings is 1. The first-order valence-electron chi connectivity index (χ1n) is 7.30. The summed E-state index contributed by atoms with van der Waals surface area (Å²) in [5.41, 5.74) is 1.37. The highest BCUT2D eigenvalue weighted by molar-refractivity contribution is 9.10. The summed E-state index contributed by atoms with van der Waals surface area (Å²) in [6, 6.07) is 13.5. The lowest BCUT2D eigenvalue weighted by Crippen LogP contribution is -2.23. The molecule has 0 saturated carbocycles. The molecule has 2 aromatic rings. The van der Waals surface area contributed by atoms with E-state index < -0.39 is 0 Å². The summed E-state index contributed by atoms with van der Waals surface area (Å²) in [5.74, 6) is 0. The van der Waals surface area contributed by atoms with E-state index in [-0.39, 0.29) is 0 Å². The van der Waals surface area contributed by atoms with Crippen molar-refractivity contribution in [1.29, 1.82) is 0 Å². The van der Waals surface area contributed by atoms with Crippen LogP contribution in [0.15, 0.2) is 40.9 Å². The lowest BCUT2D eigenvalue weighted by atomic mass is 10.0. The van der Waals surface area contributed by atoms with E-state index in [9.17, 15) is 0 Å². The van der Waals surface area contributed by atoms with Crippen LogP contribution in [-0.4, -0.2) is 6.54 Å². The number of hydrogen-bond donors (Lipinski definition) is 1. The summed E-state index contributed by atoms with van der Waals surface area (Å²) >= 11 is 5.60. The van der Waals surface area contributed by atoms with Crippen molar-refractivity contribution in [2.45, 2.75) is 39.2 Å². The van der Waals surface area contributed by atoms with Crippen molar-refractivity contribution in [2.75, 3.05) is 6.54 Å². The molecule has 20 heavy (non-hydrogen) atoms. The number of hydrogen-bond acceptors (Lipinski definition) is 2. The van der Waals surface area contributed by atoms with Gasteiger partial charge in [-0.15, -0.1) is 11.3 Å². The van der Waals surface area contributed by atoms with Gasteiger partial charge in [-0.3, -0.25) is 0 Å². The summed E-state index contributed by atoms with van der Waals surface area (Å²) in [5, 5.41) is 3.69. The maximum absolute atomic E-state index is 3.69. The second kappa shape index (κ2) is 7.96. The molecule has 3 heteroatoms. The molecule has 1 N–H and O–H groups in total. The maximum atomic E-state index is 3.69. The minimum absolute atomic E-state index is 0.416. The van der Waals surface area contributed by atoms with Gasteiger partial charge in [0.15, 0.2) is 0 Å². The molecule has 1 aromatic carbocycles. The van der Waals surface area contributed by atoms with Crippen LogP contribution in [0.1, 0.15) is 41.6 Å². The Balaban J connectivity index is 2.17. The summed E-state index contributed by atoms with van der Waals surface area (Å²) in [6.07, 6.45) is 3.32. The van der Waals surface area contributed by atoms with E-state index in [0.29, 0.717) is 6.04 Å². The monoisotopic (exact) mass is 351 g/mol. The van der Waals surface area contributed by atoms with Crippen LogP contribution in [0.3, 0.4) is 0 Å². The van der Waals surface area contributed by atoms with E-state index in [1.165, 1.54) is 26.2 Å². The van der Waals surface area contributed by atoms with Crippen molar-refractivity contribution in [3.63, 3.8) is 0 Å². The van der Waals surface area contributed by atoms with Gasteiger partial charge in [-0.2, -0.15) is 0 Å². The molecule has 1 aromatic heterocycles. The Bertz CT molecular complexity index is 535. The number of thiophene rings is 1. The van der Waals surface area contributed by atoms with Gasteiger partial charge in [0.25, 0.3) is 0 Å². The van der Waals surface area contributed by atoms with E-state index in [4.69, 9.17) is 0 Å². The predicted octanol–water partition coefficient (Wildman–Crippen LogP) is 5.36. The lowest BCUT2D eigenvalue weighted by Gasteiger charge is -2.18. The van der Waals surface area contributed by atoms with E-state index in [0.717, 1.165) is 19.4 Å². The number of rotatable bonds is 7. The molecule has 1 atom stereocenters. The fourth-order valence-corrected chi connectivity index (χ4v) is 3.72. The van der Waals surface area contributed by atoms with Crippen molar-refractivity contribution >= 4 is 27.3 Å². The minimum atomic E-state index is 0.416. The molecule has 0 saturated heterocycles. The van der Waals surface area contributed by atoms with Gasteiger partial charge in [0, 0.05) is 20.3 Å². The van der Waals surface area contributed by atoms with Crippen LogP contribution in [0, 0.1) is 0 Å². The molecule has 0 aliphatic carbocycles. The Morgan fingerprint density at radius 3 is 2.60 bits per heavy atom. The van der Waals surface area contributed by atoms with Gasteiger partial charge in [0.2, 0.25) is 0 Å². The van der Waals surface area contributed by atoms with Crippen molar-refractivity contribution in [3.8, 4) is 0 Å². The van der Waals surface area contributed by atoms with Gasteiger partial charge in [-0.1, -0.05) is 48.0 Å². The average Bonchev–Trinajstić information content (AvgIpc) is 2.94. The zero-order chi connectivity index (χ0) is 14.4. The quantitative estimate of drug-likeness (QED) is 0.708. The summed E-state index contributed by atoms with van der Waals surface area (Å²) in [7, 11) is 0. The predicted molar refractivity (Wildman–Crippen MR) is 92.6 cm³/mol. The van der Waals surface area contributed by atoms with Crippen LogP contribution in [0.25, 0.3) is 0 Å². The minimum Gasteiger partial charge on any atom is -0.309 e. The molecule has 1 unspecified atom stereocenters. The summed E-state index contributed by atoms with van der Waals surface area (Å²) in [6.45, 7) is 5.50. The van der Waals surface area contributed by atoms with Gasteiger partial charge in [0.1, 0.15) is 0 Å². The zero-order valence-electron chi connectivity index (χ0n) is 12.2. The number of aryl methyl sites for hydroxylation is 1. The standard InChI is InChI=1S/C17H22BrNS/c1-3-11-19-16(17-10-9-14(4-2)20-17)12-13-7-5-6-8-15(13)18/h5-10,16,19H,3-4,11-12H2,1-2H3. The van der Waals surface area contributed by atoms with Gasteiger partial charge in [0.05, 0.1) is 0 Å². The number of halogens is 1. The van der Waals surface area contributed by atoms with Crippen LogP contribution in [0.2, 0.25) is 0 Å². The van der Waals surface area contributed by atoms with Crippen LogP contribution in [-0.2, 0) is 12.8 Å². The Kier molecular flexibility index (Phi) is 6.27. The van der Waals surface area contributed by atoms with Crippen LogP contribution in [0.5, 0.6) is 0 Å². The van der Waals surface area contributed by atoms with Gasteiger partial charge in [-0.25, -0.2) is 0 Å². The van der Waals surface area contributed by atoms with Crippen LogP contribution >= 0.6 is 27.3 Å². The fraction of sp³-hybridized carbons (Fsp3) is 0.412. The van der Waals surface area contributed by atoms with Gasteiger partial charge < -0.3 is 5.32 Å².